The van der Waals surface area contributed by atoms with Crippen LogP contribution in [0.5, 0.6) is 0 Å². The Balaban J connectivity index is 1.02. The molecule has 7 heteroatoms. The number of hydrogen-bond acceptors (Lipinski definition) is 2. The van der Waals surface area contributed by atoms with Gasteiger partial charge >= 0.3 is 0 Å². The molecule has 0 aliphatic heterocycles. The Bertz CT molecular complexity index is 4350. The molecular weight excluding hydrogens is 971 g/mol. The van der Waals surface area contributed by atoms with E-state index in [1.54, 1.807) is 0 Å². The lowest BCUT2D eigenvalue weighted by molar-refractivity contribution is 0.767. The van der Waals surface area contributed by atoms with Crippen LogP contribution in [0.1, 0.15) is 44.5 Å². The molecule has 0 aromatic heterocycles. The molecule has 3 aliphatic carbocycles. The van der Waals surface area contributed by atoms with Gasteiger partial charge in [0.2, 0.25) is 0 Å². The van der Waals surface area contributed by atoms with Gasteiger partial charge in [-0.2, -0.15) is 0 Å². The third-order valence-electron chi connectivity index (χ3n) is 17.4. The van der Waals surface area contributed by atoms with Crippen LogP contribution in [0.25, 0.3) is 44.5 Å². The summed E-state index contributed by atoms with van der Waals surface area (Å²) in [7, 11) is 32.8. The number of fused-ring (bicyclic) bond motifs is 13. The van der Waals surface area contributed by atoms with Crippen molar-refractivity contribution in [2.75, 3.05) is 9.80 Å². The second kappa shape index (κ2) is 18.9. The van der Waals surface area contributed by atoms with E-state index >= 15 is 0 Å². The van der Waals surface area contributed by atoms with Gasteiger partial charge in [-0.15, -0.1) is 16.4 Å². The Morgan fingerprint density at radius 3 is 1.10 bits per heavy atom. The van der Waals surface area contributed by atoms with Gasteiger partial charge < -0.3 is 9.80 Å². The van der Waals surface area contributed by atoms with E-state index < -0.39 is 10.8 Å². The zero-order chi connectivity index (χ0) is 54.6. The van der Waals surface area contributed by atoms with Crippen LogP contribution in [0.4, 0.5) is 34.1 Å². The number of anilines is 6. The number of nitrogens with zero attached hydrogens (tertiary/aromatic N) is 2. The number of benzene rings is 12. The first kappa shape index (κ1) is 48.7. The van der Waals surface area contributed by atoms with Crippen molar-refractivity contribution in [1.82, 2.24) is 0 Å². The van der Waals surface area contributed by atoms with Crippen LogP contribution in [-0.4, -0.2) is 39.2 Å². The first-order chi connectivity index (χ1) is 39.8. The number of para-hydroxylation sites is 2. The van der Waals surface area contributed by atoms with Crippen LogP contribution in [0.15, 0.2) is 273 Å². The molecule has 10 radical (unpaired) electrons. The van der Waals surface area contributed by atoms with Gasteiger partial charge in [0.25, 0.3) is 0 Å². The minimum Gasteiger partial charge on any atom is -0.310 e. The van der Waals surface area contributed by atoms with E-state index in [4.69, 9.17) is 39.2 Å². The van der Waals surface area contributed by atoms with Crippen molar-refractivity contribution >= 4 is 101 Å². The summed E-state index contributed by atoms with van der Waals surface area (Å²) >= 11 is 0. The minimum atomic E-state index is -0.720. The van der Waals surface area contributed by atoms with Crippen molar-refractivity contribution < 1.29 is 0 Å². The molecule has 1 spiro atoms. The molecule has 2 nitrogen and oxygen atoms in total. The van der Waals surface area contributed by atoms with E-state index in [0.717, 1.165) is 39.7 Å². The van der Waals surface area contributed by atoms with Crippen LogP contribution < -0.4 is 37.1 Å². The lowest BCUT2D eigenvalue weighted by Gasteiger charge is -2.38. The topological polar surface area (TPSA) is 6.48 Å². The fourth-order valence-electron chi connectivity index (χ4n) is 14.0. The smallest absolute Gasteiger partial charge is 0.113 e. The Hall–Kier alpha value is -9.44. The summed E-state index contributed by atoms with van der Waals surface area (Å²) in [6.45, 7) is 0. The summed E-state index contributed by atoms with van der Waals surface area (Å²) in [5, 5.41) is 0. The lowest BCUT2D eigenvalue weighted by Crippen LogP contribution is -2.55. The summed E-state index contributed by atoms with van der Waals surface area (Å²) in [6.07, 6.45) is 0. The molecule has 15 rings (SSSR count). The van der Waals surface area contributed by atoms with Gasteiger partial charge in [0.1, 0.15) is 39.2 Å². The highest BCUT2D eigenvalue weighted by atomic mass is 15.2. The van der Waals surface area contributed by atoms with Crippen molar-refractivity contribution in [1.29, 1.82) is 0 Å². The maximum Gasteiger partial charge on any atom is 0.113 e. The fraction of sp³-hybridized carbons (Fsp3) is 0.0270. The van der Waals surface area contributed by atoms with E-state index in [-0.39, 0.29) is 27.3 Å². The Labute approximate surface area is 480 Å². The Kier molecular flexibility index (Phi) is 11.3. The van der Waals surface area contributed by atoms with Gasteiger partial charge in [-0.3, -0.25) is 0 Å². The average Bonchev–Trinajstić information content (AvgIpc) is 4.17. The Morgan fingerprint density at radius 1 is 0.247 bits per heavy atom. The molecule has 12 aromatic carbocycles. The van der Waals surface area contributed by atoms with E-state index in [1.807, 2.05) is 0 Å². The van der Waals surface area contributed by atoms with Crippen LogP contribution in [0.3, 0.4) is 0 Å². The minimum absolute atomic E-state index is 0.181. The van der Waals surface area contributed by atoms with E-state index in [1.165, 1.54) is 77.9 Å². The molecule has 0 bridgehead atoms. The Morgan fingerprint density at radius 2 is 0.605 bits per heavy atom. The molecular formula is C74H45B5N2. The second-order valence-electron chi connectivity index (χ2n) is 21.4. The van der Waals surface area contributed by atoms with Crippen molar-refractivity contribution in [3.8, 4) is 44.5 Å². The maximum atomic E-state index is 6.75. The van der Waals surface area contributed by atoms with Crippen LogP contribution in [0, 0.1) is 0 Å². The van der Waals surface area contributed by atoms with Crippen LogP contribution in [-0.2, 0) is 10.8 Å². The lowest BCUT2D eigenvalue weighted by atomic mass is 9.60. The molecule has 0 N–H and O–H groups in total. The molecule has 0 fully saturated rings. The summed E-state index contributed by atoms with van der Waals surface area (Å²) < 4.78 is 0. The normalized spacial score (nSPS) is 14.6. The van der Waals surface area contributed by atoms with Crippen molar-refractivity contribution in [2.24, 2.45) is 0 Å². The van der Waals surface area contributed by atoms with E-state index in [9.17, 15) is 0 Å². The molecule has 366 valence electrons. The van der Waals surface area contributed by atoms with Gasteiger partial charge in [0, 0.05) is 34.0 Å². The summed E-state index contributed by atoms with van der Waals surface area (Å²) in [5.41, 5.74) is 24.2. The second-order valence-corrected chi connectivity index (χ2v) is 21.4. The van der Waals surface area contributed by atoms with Crippen LogP contribution in [0.2, 0.25) is 0 Å². The van der Waals surface area contributed by atoms with E-state index in [0.29, 0.717) is 5.56 Å². The molecule has 0 saturated heterocycles. The van der Waals surface area contributed by atoms with Gasteiger partial charge in [0.05, 0.1) is 16.5 Å². The predicted molar refractivity (Wildman–Crippen MR) is 342 cm³/mol. The molecule has 0 saturated carbocycles. The highest BCUT2D eigenvalue weighted by Gasteiger charge is 2.53. The quantitative estimate of drug-likeness (QED) is 0.133. The number of rotatable bonds is 9. The summed E-state index contributed by atoms with van der Waals surface area (Å²) in [6, 6.07) is 99.7. The molecule has 1 unspecified atom stereocenters. The number of hydrogen-bond donors (Lipinski definition) is 0. The standard InChI is InChI=1S/C74H45B5N2/c75-68-66(69(76)71(78)72(79)70(68)77)46-36-38-51(39-37-46)81(65-35-19-31-59-56-30-15-16-32-60(56)73(67(59)65,47-20-5-1-6-21-47)48-22-7-2-8-23-48)53-41-43-58-55-29-14-18-34-62(55)74(64(58)45-53)61-33-17-13-28-54(61)57-42-40-52(44-63(57)74)80(49-24-9-3-10-25-49)50-26-11-4-12-27-50/h1-45H. The molecule has 81 heavy (non-hydrogen) atoms. The van der Waals surface area contributed by atoms with Crippen molar-refractivity contribution in [2.45, 2.75) is 10.8 Å². The fourth-order valence-corrected chi connectivity index (χ4v) is 14.0. The molecule has 12 aromatic rings. The highest BCUT2D eigenvalue weighted by molar-refractivity contribution is 6.68. The van der Waals surface area contributed by atoms with Gasteiger partial charge in [-0.05, 0) is 150 Å². The molecule has 0 heterocycles. The third-order valence-corrected chi connectivity index (χ3v) is 17.4. The van der Waals surface area contributed by atoms with Crippen LogP contribution >= 0.6 is 0 Å². The predicted octanol–water partition coefficient (Wildman–Crippen LogP) is 13.0. The zero-order valence-corrected chi connectivity index (χ0v) is 44.3. The van der Waals surface area contributed by atoms with Gasteiger partial charge in [0.15, 0.2) is 0 Å². The SMILES string of the molecule is [B]c1c([B])c([B])c(-c2ccc(N(c3ccc4c(c3)C3(c5ccccc5-c5ccc(N(c6ccccc6)c6ccccc6)cc53)c3ccccc3-4)c3cccc4c3C(c3ccccc3)(c3ccccc3)c3ccccc3-4)cc2)c([B])c1[B]. The highest BCUT2D eigenvalue weighted by Crippen LogP contribution is 2.65. The average molecular weight is 1020 g/mol. The largest absolute Gasteiger partial charge is 0.310 e. The first-order valence-corrected chi connectivity index (χ1v) is 27.5. The first-order valence-electron chi connectivity index (χ1n) is 27.5. The van der Waals surface area contributed by atoms with Crippen molar-refractivity contribution in [3.63, 3.8) is 0 Å². The maximum absolute atomic E-state index is 6.75. The third kappa shape index (κ3) is 7.01. The monoisotopic (exact) mass is 1020 g/mol. The van der Waals surface area contributed by atoms with E-state index in [2.05, 4.69) is 283 Å². The molecule has 1 atom stereocenters. The summed E-state index contributed by atoms with van der Waals surface area (Å²) in [4.78, 5) is 4.82. The molecule has 0 amide bonds. The van der Waals surface area contributed by atoms with Crippen molar-refractivity contribution in [3.05, 3.63) is 317 Å². The van der Waals surface area contributed by atoms with Gasteiger partial charge in [-0.1, -0.05) is 217 Å². The van der Waals surface area contributed by atoms with Gasteiger partial charge in [-0.25, -0.2) is 0 Å². The zero-order valence-electron chi connectivity index (χ0n) is 44.3. The summed E-state index contributed by atoms with van der Waals surface area (Å²) in [5.74, 6) is 0. The molecule has 3 aliphatic rings.